The van der Waals surface area contributed by atoms with E-state index >= 15 is 0 Å². The van der Waals surface area contributed by atoms with E-state index in [1.165, 1.54) is 24.3 Å². The first-order valence-corrected chi connectivity index (χ1v) is 13.9. The van der Waals surface area contributed by atoms with Gasteiger partial charge in [-0.2, -0.15) is 4.72 Å². The predicted molar refractivity (Wildman–Crippen MR) is 137 cm³/mol. The third-order valence-electron chi connectivity index (χ3n) is 5.54. The third kappa shape index (κ3) is 6.39. The van der Waals surface area contributed by atoms with Crippen molar-refractivity contribution in [2.45, 2.75) is 36.6 Å². The molecule has 0 aromatic heterocycles. The highest BCUT2D eigenvalue weighted by Gasteiger charge is 2.30. The summed E-state index contributed by atoms with van der Waals surface area (Å²) in [7, 11) is -7.03. The molecule has 1 unspecified atom stereocenters. The average molecular weight is 529 g/mol. The van der Waals surface area contributed by atoms with E-state index in [1.807, 2.05) is 13.8 Å². The minimum Gasteiger partial charge on any atom is -0.466 e. The van der Waals surface area contributed by atoms with E-state index in [0.29, 0.717) is 11.1 Å². The van der Waals surface area contributed by atoms with Crippen LogP contribution in [0.4, 0.5) is 0 Å². The number of aryl methyl sites for hydroxylation is 3. The molecule has 0 heterocycles. The monoisotopic (exact) mass is 528 g/mol. The van der Waals surface area contributed by atoms with E-state index in [2.05, 4.69) is 9.44 Å². The third-order valence-corrected chi connectivity index (χ3v) is 8.30. The number of rotatable bonds is 9. The lowest BCUT2D eigenvalue weighted by Gasteiger charge is -2.23. The summed E-state index contributed by atoms with van der Waals surface area (Å²) in [6.07, 6.45) is 0.968. The summed E-state index contributed by atoms with van der Waals surface area (Å²) in [5.74, 6) is -0.901. The van der Waals surface area contributed by atoms with Crippen LogP contribution in [-0.2, 0) is 29.6 Å². The molecule has 0 aliphatic carbocycles. The fraction of sp³-hybridized carbons (Fsp3) is 0.192. The molecular formula is C26H28N2O6S2. The molecule has 0 radical (unpaired) electrons. The highest BCUT2D eigenvalue weighted by atomic mass is 32.2. The van der Waals surface area contributed by atoms with Gasteiger partial charge in [0.1, 0.15) is 0 Å². The van der Waals surface area contributed by atoms with E-state index < -0.39 is 32.1 Å². The molecular weight excluding hydrogens is 500 g/mol. The topological polar surface area (TPSA) is 119 Å². The average Bonchev–Trinajstić information content (AvgIpc) is 2.84. The number of sulfonamides is 2. The van der Waals surface area contributed by atoms with Crippen molar-refractivity contribution in [3.8, 4) is 0 Å². The number of methoxy groups -OCH3 is 1. The van der Waals surface area contributed by atoms with E-state index in [9.17, 15) is 21.6 Å². The Balaban J connectivity index is 2.10. The van der Waals surface area contributed by atoms with Crippen LogP contribution in [0.1, 0.15) is 28.3 Å². The van der Waals surface area contributed by atoms with E-state index in [1.54, 1.807) is 55.5 Å². The highest BCUT2D eigenvalue weighted by molar-refractivity contribution is 7.89. The van der Waals surface area contributed by atoms with Gasteiger partial charge in [0.15, 0.2) is 0 Å². The molecule has 3 aromatic rings. The van der Waals surface area contributed by atoms with Gasteiger partial charge >= 0.3 is 5.97 Å². The first-order valence-electron chi connectivity index (χ1n) is 11.0. The summed E-state index contributed by atoms with van der Waals surface area (Å²) in [5.41, 5.74) is 2.66. The lowest BCUT2D eigenvalue weighted by atomic mass is 9.96. The molecule has 2 N–H and O–H groups in total. The Morgan fingerprint density at radius 1 is 0.778 bits per heavy atom. The van der Waals surface area contributed by atoms with Crippen LogP contribution >= 0.6 is 0 Å². The van der Waals surface area contributed by atoms with Crippen LogP contribution in [0.3, 0.4) is 0 Å². The maximum atomic E-state index is 13.3. The lowest BCUT2D eigenvalue weighted by Crippen LogP contribution is -2.34. The summed E-state index contributed by atoms with van der Waals surface area (Å²) in [5, 5.41) is 0. The SMILES string of the molecule is COC(=O)/C(=C/NS(=O)(=O)c1ccc(C)cc1)C(NS(=O)(=O)c1ccc(C)cc1)c1ccccc1C. The molecule has 190 valence electrons. The smallest absolute Gasteiger partial charge is 0.337 e. The van der Waals surface area contributed by atoms with Crippen molar-refractivity contribution >= 4 is 26.0 Å². The molecule has 0 aliphatic rings. The van der Waals surface area contributed by atoms with E-state index in [4.69, 9.17) is 4.74 Å². The maximum Gasteiger partial charge on any atom is 0.337 e. The zero-order valence-electron chi connectivity index (χ0n) is 20.3. The Morgan fingerprint density at radius 3 is 1.78 bits per heavy atom. The molecule has 10 heteroatoms. The van der Waals surface area contributed by atoms with Gasteiger partial charge in [-0.3, -0.25) is 4.72 Å². The minimum absolute atomic E-state index is 0.00358. The van der Waals surface area contributed by atoms with Crippen molar-refractivity contribution in [1.82, 2.24) is 9.44 Å². The molecule has 0 fully saturated rings. The van der Waals surface area contributed by atoms with Gasteiger partial charge < -0.3 is 4.74 Å². The van der Waals surface area contributed by atoms with Crippen LogP contribution in [0.25, 0.3) is 0 Å². The van der Waals surface area contributed by atoms with Crippen LogP contribution < -0.4 is 9.44 Å². The van der Waals surface area contributed by atoms with Crippen molar-refractivity contribution in [3.05, 3.63) is 107 Å². The maximum absolute atomic E-state index is 13.3. The zero-order valence-corrected chi connectivity index (χ0v) is 22.0. The van der Waals surface area contributed by atoms with Crippen LogP contribution in [0, 0.1) is 20.8 Å². The molecule has 0 saturated carbocycles. The van der Waals surface area contributed by atoms with E-state index in [0.717, 1.165) is 24.4 Å². The highest BCUT2D eigenvalue weighted by Crippen LogP contribution is 2.28. The second kappa shape index (κ2) is 11.1. The number of hydrogen-bond donors (Lipinski definition) is 2. The molecule has 36 heavy (non-hydrogen) atoms. The summed E-state index contributed by atoms with van der Waals surface area (Å²) in [4.78, 5) is 12.8. The number of esters is 1. The molecule has 3 rings (SSSR count). The van der Waals surface area contributed by atoms with Gasteiger partial charge in [0, 0.05) is 6.20 Å². The van der Waals surface area contributed by atoms with Gasteiger partial charge in [-0.1, -0.05) is 59.7 Å². The van der Waals surface area contributed by atoms with Gasteiger partial charge in [0.2, 0.25) is 10.0 Å². The summed E-state index contributed by atoms with van der Waals surface area (Å²) >= 11 is 0. The van der Waals surface area contributed by atoms with Crippen LogP contribution in [0.5, 0.6) is 0 Å². The van der Waals surface area contributed by atoms with Gasteiger partial charge in [0.05, 0.1) is 28.5 Å². The molecule has 0 spiro atoms. The zero-order chi connectivity index (χ0) is 26.5. The van der Waals surface area contributed by atoms with Crippen molar-refractivity contribution in [1.29, 1.82) is 0 Å². The second-order valence-electron chi connectivity index (χ2n) is 8.25. The van der Waals surface area contributed by atoms with Gasteiger partial charge in [-0.05, 0) is 56.2 Å². The first-order chi connectivity index (χ1) is 16.9. The van der Waals surface area contributed by atoms with Crippen molar-refractivity contribution in [2.75, 3.05) is 7.11 Å². The Hall–Kier alpha value is -3.47. The lowest BCUT2D eigenvalue weighted by molar-refractivity contribution is -0.136. The van der Waals surface area contributed by atoms with Gasteiger partial charge in [-0.25, -0.2) is 21.6 Å². The van der Waals surface area contributed by atoms with Crippen molar-refractivity contribution in [2.24, 2.45) is 0 Å². The number of hydrogen-bond acceptors (Lipinski definition) is 6. The Bertz CT molecular complexity index is 1480. The number of nitrogens with one attached hydrogen (secondary N) is 2. The molecule has 3 aromatic carbocycles. The Kier molecular flexibility index (Phi) is 8.34. The number of benzene rings is 3. The summed E-state index contributed by atoms with van der Waals surface area (Å²) in [6.45, 7) is 5.41. The summed E-state index contributed by atoms with van der Waals surface area (Å²) < 4.78 is 62.1. The standard InChI is InChI=1S/C26H28N2O6S2/c1-18-9-13-21(14-10-18)35(30,31)27-17-24(26(29)34-4)25(23-8-6-5-7-20(23)3)28-36(32,33)22-15-11-19(2)12-16-22/h5-17,25,27-28H,1-4H3/b24-17+. The quantitative estimate of drug-likeness (QED) is 0.323. The summed E-state index contributed by atoms with van der Waals surface area (Å²) in [6, 6.07) is 18.0. The fourth-order valence-electron chi connectivity index (χ4n) is 3.45. The molecule has 0 saturated heterocycles. The van der Waals surface area contributed by atoms with Gasteiger partial charge in [-0.15, -0.1) is 0 Å². The molecule has 0 aliphatic heterocycles. The largest absolute Gasteiger partial charge is 0.466 e. The number of carbonyl (C=O) groups excluding carboxylic acids is 1. The molecule has 8 nitrogen and oxygen atoms in total. The second-order valence-corrected chi connectivity index (χ2v) is 11.7. The van der Waals surface area contributed by atoms with E-state index in [-0.39, 0.29) is 15.4 Å². The van der Waals surface area contributed by atoms with Crippen molar-refractivity contribution in [3.63, 3.8) is 0 Å². The van der Waals surface area contributed by atoms with Crippen LogP contribution in [0.15, 0.2) is 94.4 Å². The van der Waals surface area contributed by atoms with Crippen LogP contribution in [0.2, 0.25) is 0 Å². The number of carbonyl (C=O) groups is 1. The normalized spacial score (nSPS) is 13.2. The minimum atomic E-state index is -4.11. The van der Waals surface area contributed by atoms with Crippen molar-refractivity contribution < 1.29 is 26.4 Å². The fourth-order valence-corrected chi connectivity index (χ4v) is 5.56. The Labute approximate surface area is 212 Å². The van der Waals surface area contributed by atoms with Crippen LogP contribution in [-0.4, -0.2) is 29.9 Å². The first kappa shape index (κ1) is 27.1. The number of ether oxygens (including phenoxy) is 1. The predicted octanol–water partition coefficient (Wildman–Crippen LogP) is 3.67. The Morgan fingerprint density at radius 2 is 1.28 bits per heavy atom. The molecule has 0 amide bonds. The molecule has 0 bridgehead atoms. The van der Waals surface area contributed by atoms with Gasteiger partial charge in [0.25, 0.3) is 10.0 Å². The molecule has 1 atom stereocenters.